The Kier molecular flexibility index (Phi) is 4.54. The van der Waals surface area contributed by atoms with Crippen molar-refractivity contribution in [3.63, 3.8) is 0 Å². The molecule has 1 N–H and O–H groups in total. The van der Waals surface area contributed by atoms with Crippen molar-refractivity contribution in [1.82, 2.24) is 0 Å². The molecule has 134 valence electrons. The number of nitrogens with one attached hydrogen (secondary N) is 1. The molecule has 4 rings (SSSR count). The predicted molar refractivity (Wildman–Crippen MR) is 106 cm³/mol. The Hall–Kier alpha value is -2.55. The Balaban J connectivity index is 1.75. The normalized spacial score (nSPS) is 18.7. The van der Waals surface area contributed by atoms with Gasteiger partial charge in [0.15, 0.2) is 0 Å². The first-order valence-corrected chi connectivity index (χ1v) is 9.48. The largest absolute Gasteiger partial charge is 0.496 e. The predicted octanol–water partition coefficient (Wildman–Crippen LogP) is 5.54. The highest BCUT2D eigenvalue weighted by Gasteiger charge is 2.26. The van der Waals surface area contributed by atoms with Crippen molar-refractivity contribution in [2.24, 2.45) is 0 Å². The first-order chi connectivity index (χ1) is 12.7. The molecule has 3 nitrogen and oxygen atoms in total. The van der Waals surface area contributed by atoms with Crippen LogP contribution in [0.15, 0.2) is 36.4 Å². The van der Waals surface area contributed by atoms with Crippen molar-refractivity contribution in [3.8, 4) is 5.75 Å². The highest BCUT2D eigenvalue weighted by molar-refractivity contribution is 6.35. The molecular weight excluding hydrogens is 322 g/mol. The van der Waals surface area contributed by atoms with Gasteiger partial charge in [-0.3, -0.25) is 4.79 Å². The highest BCUT2D eigenvalue weighted by atomic mass is 16.5. The maximum Gasteiger partial charge on any atom is 0.256 e. The van der Waals surface area contributed by atoms with Crippen LogP contribution in [-0.2, 0) is 4.79 Å². The smallest absolute Gasteiger partial charge is 0.256 e. The van der Waals surface area contributed by atoms with E-state index in [0.29, 0.717) is 5.92 Å². The van der Waals surface area contributed by atoms with E-state index in [9.17, 15) is 4.79 Å². The number of aryl methyl sites for hydroxylation is 1. The minimum Gasteiger partial charge on any atom is -0.496 e. The summed E-state index contributed by atoms with van der Waals surface area (Å²) in [7, 11) is 1.74. The van der Waals surface area contributed by atoms with E-state index in [2.05, 4.69) is 24.4 Å². The summed E-state index contributed by atoms with van der Waals surface area (Å²) >= 11 is 0. The fourth-order valence-corrected chi connectivity index (χ4v) is 4.31. The summed E-state index contributed by atoms with van der Waals surface area (Å²) in [6.45, 7) is 2.05. The summed E-state index contributed by atoms with van der Waals surface area (Å²) < 4.78 is 5.62. The summed E-state index contributed by atoms with van der Waals surface area (Å²) in [6, 6.07) is 12.3. The minimum atomic E-state index is -0.0238. The number of methoxy groups -OCH3 is 1. The number of fused-ring (bicyclic) bond motifs is 1. The Labute approximate surface area is 155 Å². The summed E-state index contributed by atoms with van der Waals surface area (Å²) in [6.07, 6.45) is 8.36. The average Bonchev–Trinajstić information content (AvgIpc) is 2.99. The third-order valence-corrected chi connectivity index (χ3v) is 5.64. The van der Waals surface area contributed by atoms with Crippen molar-refractivity contribution in [2.75, 3.05) is 12.4 Å². The zero-order valence-corrected chi connectivity index (χ0v) is 15.5. The van der Waals surface area contributed by atoms with Gasteiger partial charge in [0.1, 0.15) is 5.75 Å². The lowest BCUT2D eigenvalue weighted by atomic mass is 9.83. The van der Waals surface area contributed by atoms with E-state index < -0.39 is 0 Å². The molecule has 1 aliphatic heterocycles. The van der Waals surface area contributed by atoms with Crippen LogP contribution in [-0.4, -0.2) is 13.0 Å². The second-order valence-corrected chi connectivity index (χ2v) is 7.35. The van der Waals surface area contributed by atoms with Crippen LogP contribution < -0.4 is 10.1 Å². The van der Waals surface area contributed by atoms with E-state index in [-0.39, 0.29) is 5.91 Å². The number of rotatable bonds is 3. The number of hydrogen-bond acceptors (Lipinski definition) is 2. The molecule has 0 atom stereocenters. The molecule has 3 heteroatoms. The zero-order valence-electron chi connectivity index (χ0n) is 15.5. The SMILES string of the molecule is COc1ccc(/C=C2/C(=O)Nc3cccc(C)c32)cc1C1CCCCC1. The van der Waals surface area contributed by atoms with Gasteiger partial charge in [0, 0.05) is 16.8 Å². The van der Waals surface area contributed by atoms with Gasteiger partial charge in [-0.1, -0.05) is 37.5 Å². The van der Waals surface area contributed by atoms with Gasteiger partial charge in [0.05, 0.1) is 7.11 Å². The van der Waals surface area contributed by atoms with E-state index in [0.717, 1.165) is 33.7 Å². The third-order valence-electron chi connectivity index (χ3n) is 5.64. The number of ether oxygens (including phenoxy) is 1. The van der Waals surface area contributed by atoms with Gasteiger partial charge >= 0.3 is 0 Å². The van der Waals surface area contributed by atoms with Crippen LogP contribution in [0.2, 0.25) is 0 Å². The van der Waals surface area contributed by atoms with Gasteiger partial charge < -0.3 is 10.1 Å². The summed E-state index contributed by atoms with van der Waals surface area (Å²) in [5.41, 5.74) is 6.14. The topological polar surface area (TPSA) is 38.3 Å². The number of amides is 1. The molecule has 0 bridgehead atoms. The van der Waals surface area contributed by atoms with Crippen molar-refractivity contribution >= 4 is 23.2 Å². The van der Waals surface area contributed by atoms with E-state index in [1.54, 1.807) is 7.11 Å². The zero-order chi connectivity index (χ0) is 18.1. The number of carbonyl (C=O) groups is 1. The van der Waals surface area contributed by atoms with Crippen LogP contribution in [0.4, 0.5) is 5.69 Å². The highest BCUT2D eigenvalue weighted by Crippen LogP contribution is 2.39. The molecule has 1 heterocycles. The van der Waals surface area contributed by atoms with Crippen molar-refractivity contribution < 1.29 is 9.53 Å². The first kappa shape index (κ1) is 16.9. The van der Waals surface area contributed by atoms with Gasteiger partial charge in [-0.05, 0) is 66.6 Å². The van der Waals surface area contributed by atoms with Crippen LogP contribution in [0.3, 0.4) is 0 Å². The van der Waals surface area contributed by atoms with E-state index in [1.165, 1.54) is 37.7 Å². The standard InChI is InChI=1S/C23H25NO2/c1-15-7-6-10-20-22(15)19(23(25)24-20)14-16-11-12-21(26-2)18(13-16)17-8-4-3-5-9-17/h6-7,10-14,17H,3-5,8-9H2,1-2H3,(H,24,25)/b19-14+. The minimum absolute atomic E-state index is 0.0238. The number of benzene rings is 2. The molecule has 2 aliphatic rings. The second kappa shape index (κ2) is 6.99. The average molecular weight is 347 g/mol. The quantitative estimate of drug-likeness (QED) is 0.740. The molecule has 1 amide bonds. The third kappa shape index (κ3) is 3.03. The van der Waals surface area contributed by atoms with Crippen molar-refractivity contribution in [3.05, 3.63) is 58.7 Å². The Morgan fingerprint density at radius 1 is 1.12 bits per heavy atom. The summed E-state index contributed by atoms with van der Waals surface area (Å²) in [4.78, 5) is 12.5. The maximum atomic E-state index is 12.5. The van der Waals surface area contributed by atoms with Crippen LogP contribution in [0.25, 0.3) is 11.6 Å². The lowest BCUT2D eigenvalue weighted by Crippen LogP contribution is -2.07. The summed E-state index contributed by atoms with van der Waals surface area (Å²) in [5, 5.41) is 2.98. The van der Waals surface area contributed by atoms with Crippen LogP contribution >= 0.6 is 0 Å². The van der Waals surface area contributed by atoms with Crippen LogP contribution in [0.1, 0.15) is 60.3 Å². The van der Waals surface area contributed by atoms with E-state index in [4.69, 9.17) is 4.74 Å². The lowest BCUT2D eigenvalue weighted by molar-refractivity contribution is -0.110. The van der Waals surface area contributed by atoms with E-state index >= 15 is 0 Å². The van der Waals surface area contributed by atoms with Gasteiger partial charge in [-0.2, -0.15) is 0 Å². The van der Waals surface area contributed by atoms with Gasteiger partial charge in [-0.15, -0.1) is 0 Å². The molecule has 0 saturated heterocycles. The molecule has 26 heavy (non-hydrogen) atoms. The van der Waals surface area contributed by atoms with Crippen molar-refractivity contribution in [2.45, 2.75) is 44.9 Å². The fourth-order valence-electron chi connectivity index (χ4n) is 4.31. The maximum absolute atomic E-state index is 12.5. The van der Waals surface area contributed by atoms with Gasteiger partial charge in [0.25, 0.3) is 5.91 Å². The fraction of sp³-hybridized carbons (Fsp3) is 0.348. The molecule has 0 unspecified atom stereocenters. The molecular formula is C23H25NO2. The molecule has 2 aromatic rings. The second-order valence-electron chi connectivity index (χ2n) is 7.35. The molecule has 1 aliphatic carbocycles. The molecule has 0 spiro atoms. The Morgan fingerprint density at radius 2 is 1.92 bits per heavy atom. The molecule has 0 radical (unpaired) electrons. The monoisotopic (exact) mass is 347 g/mol. The van der Waals surface area contributed by atoms with Gasteiger partial charge in [-0.25, -0.2) is 0 Å². The van der Waals surface area contributed by atoms with E-state index in [1.807, 2.05) is 30.3 Å². The molecule has 1 fully saturated rings. The Bertz CT molecular complexity index is 876. The number of hydrogen-bond donors (Lipinski definition) is 1. The van der Waals surface area contributed by atoms with Crippen LogP contribution in [0, 0.1) is 6.92 Å². The van der Waals surface area contributed by atoms with Crippen molar-refractivity contribution in [1.29, 1.82) is 0 Å². The lowest BCUT2D eigenvalue weighted by Gasteiger charge is -2.24. The number of anilines is 1. The first-order valence-electron chi connectivity index (χ1n) is 9.48. The molecule has 2 aromatic carbocycles. The number of carbonyl (C=O) groups excluding carboxylic acids is 1. The molecule has 1 saturated carbocycles. The molecule has 0 aromatic heterocycles. The summed E-state index contributed by atoms with van der Waals surface area (Å²) in [5.74, 6) is 1.50. The van der Waals surface area contributed by atoms with Crippen LogP contribution in [0.5, 0.6) is 5.75 Å². The van der Waals surface area contributed by atoms with Gasteiger partial charge in [0.2, 0.25) is 0 Å². The Morgan fingerprint density at radius 3 is 2.69 bits per heavy atom.